The van der Waals surface area contributed by atoms with Gasteiger partial charge in [-0.1, -0.05) is 0 Å². The second kappa shape index (κ2) is 10.7. The fourth-order valence-electron chi connectivity index (χ4n) is 6.49. The monoisotopic (exact) mass is 652 g/mol. The molecule has 3 aromatic rings. The number of piperidine rings is 1. The van der Waals surface area contributed by atoms with Crippen molar-refractivity contribution in [2.45, 2.75) is 50.9 Å². The van der Waals surface area contributed by atoms with E-state index in [2.05, 4.69) is 22.3 Å². The fraction of sp³-hybridized carbons (Fsp3) is 0.483. The molecule has 10 heteroatoms. The van der Waals surface area contributed by atoms with Gasteiger partial charge in [0.1, 0.15) is 0 Å². The van der Waals surface area contributed by atoms with Crippen LogP contribution in [0.3, 0.4) is 0 Å². The molecular formula is C29H32N4O4SSn. The van der Waals surface area contributed by atoms with Crippen LogP contribution in [-0.4, -0.2) is 85.0 Å². The van der Waals surface area contributed by atoms with Gasteiger partial charge in [-0.05, 0) is 0 Å². The molecule has 2 radical (unpaired) electrons. The Morgan fingerprint density at radius 2 is 2.08 bits per heavy atom. The molecule has 0 saturated carbocycles. The third-order valence-corrected chi connectivity index (χ3v) is 12.7. The number of hydrogen-bond acceptors (Lipinski definition) is 8. The molecule has 8 nitrogen and oxygen atoms in total. The third-order valence-electron chi connectivity index (χ3n) is 8.32. The fourth-order valence-corrected chi connectivity index (χ4v) is 10.8. The molecule has 1 N–H and O–H groups in total. The van der Waals surface area contributed by atoms with Crippen molar-refractivity contribution in [1.29, 1.82) is 0 Å². The van der Waals surface area contributed by atoms with E-state index in [0.717, 1.165) is 64.4 Å². The van der Waals surface area contributed by atoms with Crippen molar-refractivity contribution in [1.82, 2.24) is 14.2 Å². The van der Waals surface area contributed by atoms with E-state index in [4.69, 9.17) is 14.5 Å². The van der Waals surface area contributed by atoms with Gasteiger partial charge in [0.2, 0.25) is 0 Å². The second-order valence-corrected chi connectivity index (χ2v) is 15.8. The van der Waals surface area contributed by atoms with E-state index in [9.17, 15) is 9.59 Å². The molecule has 2 aromatic carbocycles. The molecule has 1 aromatic heterocycles. The van der Waals surface area contributed by atoms with Crippen LogP contribution in [0.15, 0.2) is 40.1 Å². The van der Waals surface area contributed by atoms with Gasteiger partial charge in [0, 0.05) is 0 Å². The summed E-state index contributed by atoms with van der Waals surface area (Å²) in [5.41, 5.74) is 3.33. The van der Waals surface area contributed by atoms with Gasteiger partial charge in [-0.2, -0.15) is 0 Å². The number of benzene rings is 2. The first-order valence-corrected chi connectivity index (χ1v) is 17.5. The maximum atomic E-state index is 13.6. The number of likely N-dealkylation sites (tertiary alicyclic amines) is 1. The number of hydrogen-bond donors (Lipinski definition) is 1. The number of fused-ring (bicyclic) bond motifs is 4. The minimum absolute atomic E-state index is 0.0215. The van der Waals surface area contributed by atoms with E-state index in [-0.39, 0.29) is 21.4 Å². The van der Waals surface area contributed by atoms with Gasteiger partial charge < -0.3 is 0 Å². The maximum absolute atomic E-state index is 13.6. The van der Waals surface area contributed by atoms with E-state index in [0.29, 0.717) is 30.2 Å². The summed E-state index contributed by atoms with van der Waals surface area (Å²) in [5.74, 6) is 1.36. The van der Waals surface area contributed by atoms with Crippen molar-refractivity contribution in [2.24, 2.45) is 10.9 Å². The molecule has 4 aliphatic heterocycles. The van der Waals surface area contributed by atoms with Crippen molar-refractivity contribution in [3.8, 4) is 5.75 Å². The summed E-state index contributed by atoms with van der Waals surface area (Å²) in [6.07, 6.45) is 4.41. The molecule has 0 amide bonds. The summed E-state index contributed by atoms with van der Waals surface area (Å²) in [5, 5.41) is 4.37. The molecule has 0 aliphatic carbocycles. The van der Waals surface area contributed by atoms with Gasteiger partial charge in [-0.25, -0.2) is 0 Å². The number of carbonyl (C=O) groups excluding carboxylic acids is 1. The number of aromatic nitrogens is 1. The number of nitrogens with zero attached hydrogens (tertiary/aromatic N) is 3. The third kappa shape index (κ3) is 5.01. The summed E-state index contributed by atoms with van der Waals surface area (Å²) >= 11 is -0.170. The Kier molecular flexibility index (Phi) is 7.13. The van der Waals surface area contributed by atoms with Crippen LogP contribution >= 0.6 is 11.5 Å². The average Bonchev–Trinajstić information content (AvgIpc) is 3.51. The van der Waals surface area contributed by atoms with Gasteiger partial charge in [0.25, 0.3) is 0 Å². The standard InChI is InChI=1S/C29H32N4O4S.Sn/c1-36-17-20-4-3-11-32(14-20)13-19-7-10-25-27(12-19)37-18-22-9-8-21(30-22)15-33-29(35)24-6-2-5-23(28(24)38-33)26(16-34)31-25;/h2,5-7,12,20-22,30H,3-4,8-9,11,13-15,17-18H2,1H3;. The minimum atomic E-state index is -1.64. The zero-order valence-corrected chi connectivity index (χ0v) is 25.7. The molecule has 5 heterocycles. The number of aliphatic imine (C=N–C) groups is 1. The molecule has 3 unspecified atom stereocenters. The predicted molar refractivity (Wildman–Crippen MR) is 154 cm³/mol. The van der Waals surface area contributed by atoms with Crippen molar-refractivity contribution in [3.63, 3.8) is 0 Å². The van der Waals surface area contributed by atoms with Crippen LogP contribution < -0.4 is 19.2 Å². The Balaban J connectivity index is 1.31. The molecule has 2 saturated heterocycles. The van der Waals surface area contributed by atoms with Gasteiger partial charge >= 0.3 is 243 Å². The summed E-state index contributed by atoms with van der Waals surface area (Å²) < 4.78 is 15.9. The second-order valence-electron chi connectivity index (χ2n) is 11.2. The zero-order valence-electron chi connectivity index (χ0n) is 22.1. The Morgan fingerprint density at radius 3 is 2.97 bits per heavy atom. The Labute approximate surface area is 241 Å². The first-order chi connectivity index (χ1) is 19.1. The summed E-state index contributed by atoms with van der Waals surface area (Å²) in [7, 11) is 1.78. The summed E-state index contributed by atoms with van der Waals surface area (Å²) in [6.45, 7) is 4.94. The quantitative estimate of drug-likeness (QED) is 0.437. The van der Waals surface area contributed by atoms with Crippen molar-refractivity contribution >= 4 is 61.5 Å². The topological polar surface area (TPSA) is 85.2 Å². The van der Waals surface area contributed by atoms with Gasteiger partial charge in [0.15, 0.2) is 0 Å². The number of nitrogens with one attached hydrogen (secondary N) is 1. The van der Waals surface area contributed by atoms with E-state index >= 15 is 0 Å². The summed E-state index contributed by atoms with van der Waals surface area (Å²) in [6, 6.07) is 10.5. The molecule has 6 bridgehead atoms. The van der Waals surface area contributed by atoms with Crippen LogP contribution in [-0.2, 0) is 22.6 Å². The number of methoxy groups -OCH3 is 1. The summed E-state index contributed by atoms with van der Waals surface area (Å²) in [4.78, 5) is 34.4. The molecule has 0 spiro atoms. The molecule has 3 atom stereocenters. The van der Waals surface area contributed by atoms with Crippen LogP contribution in [0, 0.1) is 5.92 Å². The van der Waals surface area contributed by atoms with Crippen molar-refractivity contribution in [3.05, 3.63) is 51.8 Å². The molecular weight excluding hydrogens is 619 g/mol. The van der Waals surface area contributed by atoms with Crippen molar-refractivity contribution in [2.75, 3.05) is 33.4 Å². The van der Waals surface area contributed by atoms with Gasteiger partial charge in [-0.3, -0.25) is 0 Å². The van der Waals surface area contributed by atoms with Crippen LogP contribution in [0.5, 0.6) is 5.75 Å². The van der Waals surface area contributed by atoms with Gasteiger partial charge in [0.05, 0.1) is 0 Å². The molecule has 2 fully saturated rings. The Bertz CT molecular complexity index is 1530. The number of carbonyl (C=O) groups is 1. The number of rotatable bonds is 4. The van der Waals surface area contributed by atoms with Crippen LogP contribution in [0.25, 0.3) is 10.1 Å². The molecule has 4 aliphatic rings. The molecule has 39 heavy (non-hydrogen) atoms. The SMILES string of the molecule is COCC1CCCN(Cc2cc3c4[c](c2)[Sn][C](=O)C(=N4)c2cccc4c(=O)n(sc24)CC2CCC(CO3)N2)C1. The number of ether oxygens (including phenoxy) is 2. The Hall–Kier alpha value is -2.05. The van der Waals surface area contributed by atoms with E-state index in [1.807, 2.05) is 22.2 Å². The average molecular weight is 651 g/mol. The van der Waals surface area contributed by atoms with Crippen LogP contribution in [0.1, 0.15) is 36.8 Å². The molecule has 202 valence electrons. The molecule has 7 rings (SSSR count). The van der Waals surface area contributed by atoms with Crippen LogP contribution in [0.4, 0.5) is 5.69 Å². The van der Waals surface area contributed by atoms with E-state index in [1.165, 1.54) is 29.9 Å². The van der Waals surface area contributed by atoms with E-state index in [1.54, 1.807) is 7.11 Å². The predicted octanol–water partition coefficient (Wildman–Crippen LogP) is 2.42. The van der Waals surface area contributed by atoms with Gasteiger partial charge in [-0.15, -0.1) is 0 Å². The first kappa shape index (κ1) is 25.9. The van der Waals surface area contributed by atoms with Crippen LogP contribution in [0.2, 0.25) is 0 Å². The first-order valence-electron chi connectivity index (χ1n) is 13.9. The Morgan fingerprint density at radius 1 is 1.18 bits per heavy atom. The normalized spacial score (nSPS) is 25.0. The van der Waals surface area contributed by atoms with E-state index < -0.39 is 21.1 Å². The van der Waals surface area contributed by atoms with Crippen molar-refractivity contribution < 1.29 is 14.3 Å². The zero-order chi connectivity index (χ0) is 26.5.